The molecule has 0 spiro atoms. The Labute approximate surface area is 113 Å². The standard InChI is InChI=1S/C14H20N2O3/c1-9(7-15)5-14(17)16-10(2)11-3-4-12-13(6-11)19-8-18-12/h3-4,6,9-10H,5,7-8,15H2,1-2H3,(H,16,17). The van der Waals surface area contributed by atoms with E-state index in [1.54, 1.807) is 0 Å². The fourth-order valence-corrected chi connectivity index (χ4v) is 1.97. The summed E-state index contributed by atoms with van der Waals surface area (Å²) in [5, 5.41) is 2.96. The van der Waals surface area contributed by atoms with E-state index in [9.17, 15) is 4.79 Å². The number of nitrogens with two attached hydrogens (primary N) is 1. The first-order valence-corrected chi connectivity index (χ1v) is 6.49. The van der Waals surface area contributed by atoms with Gasteiger partial charge in [0.1, 0.15) is 0 Å². The molecule has 0 radical (unpaired) electrons. The van der Waals surface area contributed by atoms with Crippen LogP contribution in [0.25, 0.3) is 0 Å². The first-order chi connectivity index (χ1) is 9.10. The van der Waals surface area contributed by atoms with Gasteiger partial charge in [-0.25, -0.2) is 0 Å². The average Bonchev–Trinajstić information content (AvgIpc) is 2.85. The summed E-state index contributed by atoms with van der Waals surface area (Å²) >= 11 is 0. The summed E-state index contributed by atoms with van der Waals surface area (Å²) in [6.45, 7) is 4.69. The van der Waals surface area contributed by atoms with Gasteiger partial charge in [-0.3, -0.25) is 4.79 Å². The van der Waals surface area contributed by atoms with Crippen LogP contribution in [-0.2, 0) is 4.79 Å². The number of hydrogen-bond acceptors (Lipinski definition) is 4. The van der Waals surface area contributed by atoms with Crippen molar-refractivity contribution >= 4 is 5.91 Å². The molecule has 3 N–H and O–H groups in total. The van der Waals surface area contributed by atoms with Gasteiger partial charge in [0.25, 0.3) is 0 Å². The molecule has 104 valence electrons. The van der Waals surface area contributed by atoms with Gasteiger partial charge in [0.2, 0.25) is 12.7 Å². The molecule has 0 saturated heterocycles. The smallest absolute Gasteiger partial charge is 0.231 e. The molecule has 2 unspecified atom stereocenters. The van der Waals surface area contributed by atoms with Crippen molar-refractivity contribution in [1.29, 1.82) is 0 Å². The van der Waals surface area contributed by atoms with Gasteiger partial charge in [-0.2, -0.15) is 0 Å². The molecule has 1 aliphatic heterocycles. The van der Waals surface area contributed by atoms with Gasteiger partial charge < -0.3 is 20.5 Å². The Bertz CT molecular complexity index is 462. The summed E-state index contributed by atoms with van der Waals surface area (Å²) in [6.07, 6.45) is 0.450. The Morgan fingerprint density at radius 1 is 1.37 bits per heavy atom. The maximum Gasteiger partial charge on any atom is 0.231 e. The van der Waals surface area contributed by atoms with Gasteiger partial charge in [-0.05, 0) is 37.1 Å². The molecule has 19 heavy (non-hydrogen) atoms. The first kappa shape index (κ1) is 13.7. The third kappa shape index (κ3) is 3.38. The van der Waals surface area contributed by atoms with E-state index in [0.717, 1.165) is 17.1 Å². The highest BCUT2D eigenvalue weighted by atomic mass is 16.7. The van der Waals surface area contributed by atoms with E-state index in [2.05, 4.69) is 5.32 Å². The van der Waals surface area contributed by atoms with Crippen LogP contribution in [0.15, 0.2) is 18.2 Å². The number of carbonyl (C=O) groups is 1. The summed E-state index contributed by atoms with van der Waals surface area (Å²) in [6, 6.07) is 5.64. The highest BCUT2D eigenvalue weighted by molar-refractivity contribution is 5.76. The fraction of sp³-hybridized carbons (Fsp3) is 0.500. The molecule has 0 fully saturated rings. The third-order valence-electron chi connectivity index (χ3n) is 3.21. The zero-order chi connectivity index (χ0) is 13.8. The summed E-state index contributed by atoms with van der Waals surface area (Å²) in [5.74, 6) is 1.69. The molecule has 5 heteroatoms. The molecular weight excluding hydrogens is 244 g/mol. The van der Waals surface area contributed by atoms with E-state index in [0.29, 0.717) is 13.0 Å². The van der Waals surface area contributed by atoms with Crippen LogP contribution in [-0.4, -0.2) is 19.2 Å². The third-order valence-corrected chi connectivity index (χ3v) is 3.21. The van der Waals surface area contributed by atoms with Gasteiger partial charge in [0.05, 0.1) is 6.04 Å². The van der Waals surface area contributed by atoms with Crippen LogP contribution >= 0.6 is 0 Å². The highest BCUT2D eigenvalue weighted by Gasteiger charge is 2.17. The Kier molecular flexibility index (Phi) is 4.27. The van der Waals surface area contributed by atoms with Crippen molar-refractivity contribution < 1.29 is 14.3 Å². The molecule has 1 aliphatic rings. The molecule has 5 nitrogen and oxygen atoms in total. The van der Waals surface area contributed by atoms with Crippen molar-refractivity contribution in [3.05, 3.63) is 23.8 Å². The van der Waals surface area contributed by atoms with Crippen molar-refractivity contribution in [2.24, 2.45) is 11.7 Å². The van der Waals surface area contributed by atoms with Gasteiger partial charge in [-0.1, -0.05) is 13.0 Å². The molecule has 1 aromatic carbocycles. The van der Waals surface area contributed by atoms with E-state index in [4.69, 9.17) is 15.2 Å². The topological polar surface area (TPSA) is 73.6 Å². The van der Waals surface area contributed by atoms with Crippen molar-refractivity contribution in [3.8, 4) is 11.5 Å². The second-order valence-electron chi connectivity index (χ2n) is 4.95. The Balaban J connectivity index is 1.96. The number of nitrogens with one attached hydrogen (secondary N) is 1. The normalized spacial score (nSPS) is 15.9. The van der Waals surface area contributed by atoms with E-state index in [1.165, 1.54) is 0 Å². The van der Waals surface area contributed by atoms with Crippen LogP contribution in [0, 0.1) is 5.92 Å². The lowest BCUT2D eigenvalue weighted by molar-refractivity contribution is -0.122. The lowest BCUT2D eigenvalue weighted by Crippen LogP contribution is -2.29. The predicted octanol–water partition coefficient (Wildman–Crippen LogP) is 1.58. The second-order valence-corrected chi connectivity index (χ2v) is 4.95. The van der Waals surface area contributed by atoms with Crippen LogP contribution in [0.1, 0.15) is 31.9 Å². The molecular formula is C14H20N2O3. The molecule has 1 heterocycles. The predicted molar refractivity (Wildman–Crippen MR) is 72.0 cm³/mol. The maximum atomic E-state index is 11.8. The van der Waals surface area contributed by atoms with Gasteiger partial charge in [0.15, 0.2) is 11.5 Å². The quantitative estimate of drug-likeness (QED) is 0.846. The maximum absolute atomic E-state index is 11.8. The lowest BCUT2D eigenvalue weighted by atomic mass is 10.1. The zero-order valence-electron chi connectivity index (χ0n) is 11.3. The van der Waals surface area contributed by atoms with Crippen molar-refractivity contribution in [1.82, 2.24) is 5.32 Å². The SMILES string of the molecule is CC(CN)CC(=O)NC(C)c1ccc2c(c1)OCO2. The van der Waals surface area contributed by atoms with Crippen LogP contribution in [0.2, 0.25) is 0 Å². The van der Waals surface area contributed by atoms with Gasteiger partial charge in [0, 0.05) is 6.42 Å². The molecule has 2 rings (SSSR count). The molecule has 0 bridgehead atoms. The number of carbonyl (C=O) groups excluding carboxylic acids is 1. The summed E-state index contributed by atoms with van der Waals surface area (Å²) in [5.41, 5.74) is 6.51. The number of amides is 1. The molecule has 1 aromatic rings. The minimum absolute atomic E-state index is 0.0168. The minimum Gasteiger partial charge on any atom is -0.454 e. The van der Waals surface area contributed by atoms with Crippen LogP contribution < -0.4 is 20.5 Å². The second kappa shape index (κ2) is 5.93. The Hall–Kier alpha value is -1.75. The molecule has 0 aromatic heterocycles. The molecule has 0 saturated carbocycles. The van der Waals surface area contributed by atoms with E-state index in [-0.39, 0.29) is 24.7 Å². The van der Waals surface area contributed by atoms with E-state index in [1.807, 2.05) is 32.0 Å². The van der Waals surface area contributed by atoms with Gasteiger partial charge >= 0.3 is 0 Å². The van der Waals surface area contributed by atoms with Crippen molar-refractivity contribution in [2.45, 2.75) is 26.3 Å². The van der Waals surface area contributed by atoms with Crippen LogP contribution in [0.5, 0.6) is 11.5 Å². The van der Waals surface area contributed by atoms with Crippen molar-refractivity contribution in [2.75, 3.05) is 13.3 Å². The molecule has 1 amide bonds. The summed E-state index contributed by atoms with van der Waals surface area (Å²) in [4.78, 5) is 11.8. The fourth-order valence-electron chi connectivity index (χ4n) is 1.97. The van der Waals surface area contributed by atoms with Gasteiger partial charge in [-0.15, -0.1) is 0 Å². The molecule has 2 atom stereocenters. The van der Waals surface area contributed by atoms with E-state index < -0.39 is 0 Å². The Morgan fingerprint density at radius 2 is 2.11 bits per heavy atom. The van der Waals surface area contributed by atoms with Crippen molar-refractivity contribution in [3.63, 3.8) is 0 Å². The summed E-state index contributed by atoms with van der Waals surface area (Å²) < 4.78 is 10.6. The Morgan fingerprint density at radius 3 is 2.84 bits per heavy atom. The van der Waals surface area contributed by atoms with Crippen LogP contribution in [0.3, 0.4) is 0 Å². The largest absolute Gasteiger partial charge is 0.454 e. The number of fused-ring (bicyclic) bond motifs is 1. The number of rotatable bonds is 5. The van der Waals surface area contributed by atoms with E-state index >= 15 is 0 Å². The number of benzene rings is 1. The monoisotopic (exact) mass is 264 g/mol. The minimum atomic E-state index is -0.0630. The lowest BCUT2D eigenvalue weighted by Gasteiger charge is -2.16. The number of hydrogen-bond donors (Lipinski definition) is 2. The summed E-state index contributed by atoms with van der Waals surface area (Å²) in [7, 11) is 0. The number of ether oxygens (including phenoxy) is 2. The zero-order valence-corrected chi connectivity index (χ0v) is 11.3. The first-order valence-electron chi connectivity index (χ1n) is 6.49. The molecule has 0 aliphatic carbocycles. The van der Waals surface area contributed by atoms with Crippen LogP contribution in [0.4, 0.5) is 0 Å². The highest BCUT2D eigenvalue weighted by Crippen LogP contribution is 2.34. The average molecular weight is 264 g/mol.